The number of rotatable bonds is 2. The molecule has 0 radical (unpaired) electrons. The van der Waals surface area contributed by atoms with E-state index >= 15 is 0 Å². The van der Waals surface area contributed by atoms with Crippen LogP contribution >= 0.6 is 23.2 Å². The number of hydrogen-bond acceptors (Lipinski definition) is 2. The third kappa shape index (κ3) is 2.67. The summed E-state index contributed by atoms with van der Waals surface area (Å²) in [5.74, 6) is 0.180. The van der Waals surface area contributed by atoms with Gasteiger partial charge < -0.3 is 10.0 Å². The molecule has 1 aliphatic carbocycles. The molecule has 0 unspecified atom stereocenters. The lowest BCUT2D eigenvalue weighted by atomic mass is 9.63. The van der Waals surface area contributed by atoms with Gasteiger partial charge in [0.25, 0.3) is 0 Å². The SMILES string of the molecule is O=C(N1CCC(O)CC1)C1(c2ccc(Cl)c(Cl)c2)CCC1. The molecule has 1 N–H and O–H groups in total. The Hall–Kier alpha value is -0.770. The van der Waals surface area contributed by atoms with E-state index in [2.05, 4.69) is 0 Å². The number of carbonyl (C=O) groups is 1. The van der Waals surface area contributed by atoms with Gasteiger partial charge >= 0.3 is 0 Å². The molecule has 0 atom stereocenters. The summed E-state index contributed by atoms with van der Waals surface area (Å²) < 4.78 is 0. The summed E-state index contributed by atoms with van der Waals surface area (Å²) in [7, 11) is 0. The van der Waals surface area contributed by atoms with Crippen molar-refractivity contribution in [3.05, 3.63) is 33.8 Å². The van der Waals surface area contributed by atoms with Crippen molar-refractivity contribution in [3.63, 3.8) is 0 Å². The lowest BCUT2D eigenvalue weighted by Crippen LogP contribution is -2.53. The third-order valence-corrected chi connectivity index (χ3v) is 5.58. The molecule has 1 aliphatic heterocycles. The highest BCUT2D eigenvalue weighted by atomic mass is 35.5. The van der Waals surface area contributed by atoms with Crippen molar-refractivity contribution in [1.29, 1.82) is 0 Å². The lowest BCUT2D eigenvalue weighted by Gasteiger charge is -2.45. The van der Waals surface area contributed by atoms with Crippen LogP contribution in [-0.2, 0) is 10.2 Å². The highest BCUT2D eigenvalue weighted by molar-refractivity contribution is 6.42. The van der Waals surface area contributed by atoms with Gasteiger partial charge in [0, 0.05) is 13.1 Å². The second-order valence-corrected chi connectivity index (χ2v) is 6.90. The number of aliphatic hydroxyl groups is 1. The minimum atomic E-state index is -0.434. The molecule has 1 aromatic rings. The van der Waals surface area contributed by atoms with Crippen molar-refractivity contribution >= 4 is 29.1 Å². The first kappa shape index (κ1) is 15.1. The van der Waals surface area contributed by atoms with Gasteiger partial charge in [-0.2, -0.15) is 0 Å². The molecule has 5 heteroatoms. The van der Waals surface area contributed by atoms with E-state index < -0.39 is 5.41 Å². The van der Waals surface area contributed by atoms with Gasteiger partial charge in [-0.3, -0.25) is 4.79 Å². The van der Waals surface area contributed by atoms with Crippen LogP contribution in [0.1, 0.15) is 37.7 Å². The van der Waals surface area contributed by atoms with E-state index in [0.717, 1.165) is 24.8 Å². The summed E-state index contributed by atoms with van der Waals surface area (Å²) in [6.07, 6.45) is 3.86. The van der Waals surface area contributed by atoms with Gasteiger partial charge in [-0.1, -0.05) is 35.7 Å². The molecule has 1 saturated carbocycles. The van der Waals surface area contributed by atoms with E-state index in [1.54, 1.807) is 6.07 Å². The number of piperidine rings is 1. The van der Waals surface area contributed by atoms with Crippen LogP contribution in [0.25, 0.3) is 0 Å². The van der Waals surface area contributed by atoms with Gasteiger partial charge in [0.05, 0.1) is 21.6 Å². The Morgan fingerprint density at radius 3 is 2.38 bits per heavy atom. The van der Waals surface area contributed by atoms with Gasteiger partial charge in [-0.25, -0.2) is 0 Å². The molecule has 1 amide bonds. The highest BCUT2D eigenvalue weighted by Crippen LogP contribution is 2.46. The number of amides is 1. The summed E-state index contributed by atoms with van der Waals surface area (Å²) >= 11 is 12.1. The number of halogens is 2. The molecule has 1 saturated heterocycles. The Bertz CT molecular complexity index is 549. The van der Waals surface area contributed by atoms with Crippen LogP contribution in [0.3, 0.4) is 0 Å². The molecule has 0 spiro atoms. The fourth-order valence-corrected chi connectivity index (χ4v) is 3.62. The lowest BCUT2D eigenvalue weighted by molar-refractivity contribution is -0.143. The minimum Gasteiger partial charge on any atom is -0.393 e. The Labute approximate surface area is 134 Å². The number of carbonyl (C=O) groups excluding carboxylic acids is 1. The smallest absolute Gasteiger partial charge is 0.233 e. The van der Waals surface area contributed by atoms with Crippen molar-refractivity contribution in [1.82, 2.24) is 4.90 Å². The molecule has 3 rings (SSSR count). The highest BCUT2D eigenvalue weighted by Gasteiger charge is 2.48. The molecule has 21 heavy (non-hydrogen) atoms. The molecule has 0 bridgehead atoms. The molecular formula is C16H19Cl2NO2. The Kier molecular flexibility index (Phi) is 4.17. The predicted octanol–water partition coefficient (Wildman–Crippen LogP) is 3.40. The van der Waals surface area contributed by atoms with E-state index in [-0.39, 0.29) is 12.0 Å². The monoisotopic (exact) mass is 327 g/mol. The van der Waals surface area contributed by atoms with Crippen molar-refractivity contribution in [2.75, 3.05) is 13.1 Å². The van der Waals surface area contributed by atoms with Crippen LogP contribution in [0.15, 0.2) is 18.2 Å². The number of nitrogens with zero attached hydrogens (tertiary/aromatic N) is 1. The first-order valence-electron chi connectivity index (χ1n) is 7.46. The van der Waals surface area contributed by atoms with Crippen molar-refractivity contribution in [2.45, 2.75) is 43.6 Å². The van der Waals surface area contributed by atoms with Crippen LogP contribution < -0.4 is 0 Å². The third-order valence-electron chi connectivity index (χ3n) is 4.84. The molecule has 2 aliphatic rings. The van der Waals surface area contributed by atoms with E-state index in [4.69, 9.17) is 23.2 Å². The molecule has 3 nitrogen and oxygen atoms in total. The van der Waals surface area contributed by atoms with Gasteiger partial charge in [-0.05, 0) is 43.4 Å². The number of aliphatic hydroxyl groups excluding tert-OH is 1. The van der Waals surface area contributed by atoms with Crippen molar-refractivity contribution < 1.29 is 9.90 Å². The van der Waals surface area contributed by atoms with E-state index in [1.165, 1.54) is 0 Å². The van der Waals surface area contributed by atoms with E-state index in [0.29, 0.717) is 36.0 Å². The largest absolute Gasteiger partial charge is 0.393 e. The van der Waals surface area contributed by atoms with E-state index in [1.807, 2.05) is 17.0 Å². The first-order valence-corrected chi connectivity index (χ1v) is 8.21. The summed E-state index contributed by atoms with van der Waals surface area (Å²) in [5.41, 5.74) is 0.538. The number of benzene rings is 1. The summed E-state index contributed by atoms with van der Waals surface area (Å²) in [5, 5.41) is 10.6. The second kappa shape index (κ2) is 5.79. The average molecular weight is 328 g/mol. The minimum absolute atomic E-state index is 0.180. The fraction of sp³-hybridized carbons (Fsp3) is 0.562. The van der Waals surface area contributed by atoms with Gasteiger partial charge in [0.15, 0.2) is 0 Å². The number of likely N-dealkylation sites (tertiary alicyclic amines) is 1. The molecular weight excluding hydrogens is 309 g/mol. The molecule has 0 aromatic heterocycles. The van der Waals surface area contributed by atoms with Crippen molar-refractivity contribution in [2.24, 2.45) is 0 Å². The summed E-state index contributed by atoms with van der Waals surface area (Å²) in [6, 6.07) is 5.52. The molecule has 114 valence electrons. The van der Waals surface area contributed by atoms with Gasteiger partial charge in [-0.15, -0.1) is 0 Å². The zero-order valence-corrected chi connectivity index (χ0v) is 13.3. The maximum atomic E-state index is 13.0. The predicted molar refractivity (Wildman–Crippen MR) is 83.8 cm³/mol. The normalized spacial score (nSPS) is 22.0. The van der Waals surface area contributed by atoms with E-state index in [9.17, 15) is 9.90 Å². The standard InChI is InChI=1S/C16H19Cl2NO2/c17-13-3-2-11(10-14(13)18)16(6-1-7-16)15(21)19-8-4-12(20)5-9-19/h2-3,10,12,20H,1,4-9H2. The van der Waals surface area contributed by atoms with Crippen LogP contribution in [0.4, 0.5) is 0 Å². The average Bonchev–Trinajstić information content (AvgIpc) is 2.42. The zero-order valence-electron chi connectivity index (χ0n) is 11.8. The maximum absolute atomic E-state index is 13.0. The van der Waals surface area contributed by atoms with Gasteiger partial charge in [0.1, 0.15) is 0 Å². The second-order valence-electron chi connectivity index (χ2n) is 6.09. The summed E-state index contributed by atoms with van der Waals surface area (Å²) in [4.78, 5) is 14.9. The van der Waals surface area contributed by atoms with Gasteiger partial charge in [0.2, 0.25) is 5.91 Å². The maximum Gasteiger partial charge on any atom is 0.233 e. The quantitative estimate of drug-likeness (QED) is 0.904. The van der Waals surface area contributed by atoms with Crippen LogP contribution in [0.5, 0.6) is 0 Å². The Morgan fingerprint density at radius 2 is 1.86 bits per heavy atom. The summed E-state index contributed by atoms with van der Waals surface area (Å²) in [6.45, 7) is 1.28. The zero-order chi connectivity index (χ0) is 15.0. The molecule has 1 heterocycles. The first-order chi connectivity index (χ1) is 10.0. The van der Waals surface area contributed by atoms with Crippen LogP contribution in [0.2, 0.25) is 10.0 Å². The van der Waals surface area contributed by atoms with Crippen LogP contribution in [-0.4, -0.2) is 35.1 Å². The Balaban J connectivity index is 1.85. The molecule has 1 aromatic carbocycles. The topological polar surface area (TPSA) is 40.5 Å². The van der Waals surface area contributed by atoms with Crippen molar-refractivity contribution in [3.8, 4) is 0 Å². The molecule has 2 fully saturated rings. The fourth-order valence-electron chi connectivity index (χ4n) is 3.32. The Morgan fingerprint density at radius 1 is 1.19 bits per heavy atom. The number of hydrogen-bond donors (Lipinski definition) is 1. The van der Waals surface area contributed by atoms with Crippen LogP contribution in [0, 0.1) is 0 Å².